The van der Waals surface area contributed by atoms with Crippen LogP contribution in [0.5, 0.6) is 0 Å². The Kier molecular flexibility index (Phi) is 8.56. The van der Waals surface area contributed by atoms with Gasteiger partial charge in [0.1, 0.15) is 11.4 Å². The monoisotopic (exact) mass is 498 g/mol. The number of carbonyl (C=O) groups excluding carboxylic acids is 1. The Hall–Kier alpha value is -2.90. The van der Waals surface area contributed by atoms with E-state index in [9.17, 15) is 9.59 Å². The molecule has 1 amide bonds. The number of carbonyl (C=O) groups is 1. The maximum absolute atomic E-state index is 13.7. The Morgan fingerprint density at radius 1 is 1.17 bits per heavy atom. The van der Waals surface area contributed by atoms with Crippen molar-refractivity contribution >= 4 is 28.6 Å². The van der Waals surface area contributed by atoms with Crippen LogP contribution in [0.3, 0.4) is 0 Å². The standard InChI is InChI=1S/C27H35ClN4O3/c1-7-15-32(26(34)35-27(4,5)6)30-23(18(2)3)24-29-22-16-20(28)13-14-21(22)25(33)31(24)17-19-11-9-8-10-12-19/h8-14,16,18,23,30H,7,15,17H2,1-6H3. The van der Waals surface area contributed by atoms with Crippen LogP contribution in [-0.4, -0.2) is 32.8 Å². The number of hydrazine groups is 1. The van der Waals surface area contributed by atoms with Gasteiger partial charge in [0.2, 0.25) is 0 Å². The van der Waals surface area contributed by atoms with E-state index >= 15 is 0 Å². The molecule has 7 nitrogen and oxygen atoms in total. The summed E-state index contributed by atoms with van der Waals surface area (Å²) in [5, 5.41) is 2.48. The number of hydrogen-bond donors (Lipinski definition) is 1. The van der Waals surface area contributed by atoms with Crippen LogP contribution in [0.2, 0.25) is 5.02 Å². The molecule has 1 aromatic heterocycles. The van der Waals surface area contributed by atoms with Gasteiger partial charge in [-0.2, -0.15) is 0 Å². The molecule has 0 aliphatic heterocycles. The van der Waals surface area contributed by atoms with Crippen LogP contribution in [-0.2, 0) is 11.3 Å². The molecule has 0 bridgehead atoms. The Labute approximate surface area is 212 Å². The van der Waals surface area contributed by atoms with Crippen molar-refractivity contribution in [1.82, 2.24) is 20.0 Å². The van der Waals surface area contributed by atoms with Crippen LogP contribution in [0, 0.1) is 5.92 Å². The van der Waals surface area contributed by atoms with Crippen molar-refractivity contribution in [3.63, 3.8) is 0 Å². The van der Waals surface area contributed by atoms with Gasteiger partial charge in [0.25, 0.3) is 5.56 Å². The Balaban J connectivity index is 2.13. The van der Waals surface area contributed by atoms with E-state index in [1.165, 1.54) is 5.01 Å². The number of rotatable bonds is 8. The van der Waals surface area contributed by atoms with Gasteiger partial charge in [0, 0.05) is 11.6 Å². The minimum absolute atomic E-state index is 0.00218. The lowest BCUT2D eigenvalue weighted by molar-refractivity contribution is 0.00672. The smallest absolute Gasteiger partial charge is 0.424 e. The van der Waals surface area contributed by atoms with Gasteiger partial charge in [-0.25, -0.2) is 20.2 Å². The minimum atomic E-state index is -0.633. The normalized spacial score (nSPS) is 12.7. The molecule has 0 saturated heterocycles. The molecule has 0 fully saturated rings. The number of nitrogens with zero attached hydrogens (tertiary/aromatic N) is 3. The summed E-state index contributed by atoms with van der Waals surface area (Å²) in [6.45, 7) is 12.3. The van der Waals surface area contributed by atoms with Crippen molar-refractivity contribution in [3.8, 4) is 0 Å². The van der Waals surface area contributed by atoms with Crippen molar-refractivity contribution in [1.29, 1.82) is 0 Å². The number of aromatic nitrogens is 2. The summed E-state index contributed by atoms with van der Waals surface area (Å²) in [7, 11) is 0. The van der Waals surface area contributed by atoms with Gasteiger partial charge in [-0.1, -0.05) is 62.7 Å². The first-order chi connectivity index (χ1) is 16.5. The summed E-state index contributed by atoms with van der Waals surface area (Å²) in [5.41, 5.74) is 4.04. The maximum Gasteiger partial charge on any atom is 0.424 e. The fourth-order valence-electron chi connectivity index (χ4n) is 3.79. The lowest BCUT2D eigenvalue weighted by atomic mass is 10.0. The van der Waals surface area contributed by atoms with E-state index in [1.807, 2.05) is 71.9 Å². The van der Waals surface area contributed by atoms with Gasteiger partial charge in [0.15, 0.2) is 0 Å². The predicted octanol–water partition coefficient (Wildman–Crippen LogP) is 5.95. The van der Waals surface area contributed by atoms with Crippen molar-refractivity contribution in [3.05, 3.63) is 75.3 Å². The molecule has 2 aromatic carbocycles. The van der Waals surface area contributed by atoms with Gasteiger partial charge in [-0.15, -0.1) is 0 Å². The highest BCUT2D eigenvalue weighted by Crippen LogP contribution is 2.24. The Morgan fingerprint density at radius 2 is 1.86 bits per heavy atom. The molecular formula is C27H35ClN4O3. The van der Waals surface area contributed by atoms with Crippen LogP contribution < -0.4 is 11.0 Å². The fourth-order valence-corrected chi connectivity index (χ4v) is 3.96. The topological polar surface area (TPSA) is 76.5 Å². The zero-order valence-corrected chi connectivity index (χ0v) is 22.1. The van der Waals surface area contributed by atoms with Gasteiger partial charge >= 0.3 is 6.09 Å². The average molecular weight is 499 g/mol. The molecule has 1 N–H and O–H groups in total. The lowest BCUT2D eigenvalue weighted by Gasteiger charge is -2.33. The number of benzene rings is 2. The van der Waals surface area contributed by atoms with Crippen molar-refractivity contribution in [2.45, 2.75) is 66.2 Å². The third-order valence-corrected chi connectivity index (χ3v) is 5.67. The molecule has 1 atom stereocenters. The predicted molar refractivity (Wildman–Crippen MR) is 141 cm³/mol. The highest BCUT2D eigenvalue weighted by molar-refractivity contribution is 6.31. The molecule has 3 rings (SSSR count). The molecular weight excluding hydrogens is 464 g/mol. The van der Waals surface area contributed by atoms with Crippen LogP contribution >= 0.6 is 11.6 Å². The van der Waals surface area contributed by atoms with E-state index in [4.69, 9.17) is 21.3 Å². The SMILES string of the molecule is CCCN(NC(c1nc2cc(Cl)ccc2c(=O)n1Cc1ccccc1)C(C)C)C(=O)OC(C)(C)C. The Morgan fingerprint density at radius 3 is 2.46 bits per heavy atom. The van der Waals surface area contributed by atoms with Gasteiger partial charge in [0.05, 0.1) is 23.5 Å². The minimum Gasteiger partial charge on any atom is -0.443 e. The van der Waals surface area contributed by atoms with Gasteiger partial charge in [-0.3, -0.25) is 9.36 Å². The fraction of sp³-hybridized carbons (Fsp3) is 0.444. The first-order valence-corrected chi connectivity index (χ1v) is 12.4. The zero-order chi connectivity index (χ0) is 25.8. The summed E-state index contributed by atoms with van der Waals surface area (Å²) in [4.78, 5) is 31.5. The lowest BCUT2D eigenvalue weighted by Crippen LogP contribution is -2.49. The highest BCUT2D eigenvalue weighted by Gasteiger charge is 2.29. The number of hydrogen-bond acceptors (Lipinski definition) is 5. The molecule has 1 heterocycles. The average Bonchev–Trinajstić information content (AvgIpc) is 2.77. The van der Waals surface area contributed by atoms with E-state index in [2.05, 4.69) is 5.43 Å². The first-order valence-electron chi connectivity index (χ1n) is 12.0. The van der Waals surface area contributed by atoms with Gasteiger partial charge < -0.3 is 4.74 Å². The van der Waals surface area contributed by atoms with Crippen LogP contribution in [0.25, 0.3) is 10.9 Å². The highest BCUT2D eigenvalue weighted by atomic mass is 35.5. The molecule has 35 heavy (non-hydrogen) atoms. The summed E-state index contributed by atoms with van der Waals surface area (Å²) in [6.07, 6.45) is 0.264. The first kappa shape index (κ1) is 26.7. The molecule has 0 spiro atoms. The number of ether oxygens (including phenoxy) is 1. The second kappa shape index (κ2) is 11.2. The molecule has 0 saturated carbocycles. The third kappa shape index (κ3) is 6.83. The second-order valence-electron chi connectivity index (χ2n) is 9.99. The molecule has 0 aliphatic rings. The number of fused-ring (bicyclic) bond motifs is 1. The van der Waals surface area contributed by atoms with Crippen molar-refractivity contribution < 1.29 is 9.53 Å². The summed E-state index contributed by atoms with van der Waals surface area (Å²) in [6, 6.07) is 14.4. The molecule has 0 aliphatic carbocycles. The third-order valence-electron chi connectivity index (χ3n) is 5.43. The maximum atomic E-state index is 13.7. The zero-order valence-electron chi connectivity index (χ0n) is 21.3. The van der Waals surface area contributed by atoms with E-state index in [-0.39, 0.29) is 11.5 Å². The quantitative estimate of drug-likeness (QED) is 0.388. The molecule has 8 heteroatoms. The molecule has 1 unspecified atom stereocenters. The van der Waals surface area contributed by atoms with Crippen LogP contribution in [0.4, 0.5) is 4.79 Å². The number of halogens is 1. The summed E-state index contributed by atoms with van der Waals surface area (Å²) < 4.78 is 7.31. The molecule has 188 valence electrons. The van der Waals surface area contributed by atoms with E-state index in [0.717, 1.165) is 12.0 Å². The van der Waals surface area contributed by atoms with E-state index in [0.29, 0.717) is 34.8 Å². The van der Waals surface area contributed by atoms with Crippen LogP contribution in [0.15, 0.2) is 53.3 Å². The summed E-state index contributed by atoms with van der Waals surface area (Å²) in [5.74, 6) is 0.538. The summed E-state index contributed by atoms with van der Waals surface area (Å²) >= 11 is 6.23. The van der Waals surface area contributed by atoms with Crippen molar-refractivity contribution in [2.75, 3.05) is 6.54 Å². The van der Waals surface area contributed by atoms with Crippen molar-refractivity contribution in [2.24, 2.45) is 5.92 Å². The largest absolute Gasteiger partial charge is 0.443 e. The number of nitrogens with one attached hydrogen (secondary N) is 1. The number of amides is 1. The van der Waals surface area contributed by atoms with E-state index < -0.39 is 17.7 Å². The second-order valence-corrected chi connectivity index (χ2v) is 10.4. The van der Waals surface area contributed by atoms with E-state index in [1.54, 1.807) is 22.8 Å². The molecule has 0 radical (unpaired) electrons. The van der Waals surface area contributed by atoms with Crippen LogP contribution in [0.1, 0.15) is 65.4 Å². The van der Waals surface area contributed by atoms with Gasteiger partial charge in [-0.05, 0) is 56.9 Å². The Bertz CT molecular complexity index is 1220. The molecule has 3 aromatic rings.